The van der Waals surface area contributed by atoms with Crippen LogP contribution in [0.15, 0.2) is 12.4 Å². The molecule has 0 aromatic carbocycles. The van der Waals surface area contributed by atoms with Crippen molar-refractivity contribution in [2.75, 3.05) is 24.6 Å². The summed E-state index contributed by atoms with van der Waals surface area (Å²) in [4.78, 5) is 21.5. The molecule has 6 nitrogen and oxygen atoms in total. The summed E-state index contributed by atoms with van der Waals surface area (Å²) in [6.07, 6.45) is 5.96. The van der Waals surface area contributed by atoms with Crippen molar-refractivity contribution in [1.29, 1.82) is 0 Å². The maximum Gasteiger partial charge on any atom is 0.225 e. The molecule has 22 heavy (non-hydrogen) atoms. The smallest absolute Gasteiger partial charge is 0.225 e. The highest BCUT2D eigenvalue weighted by Gasteiger charge is 2.35. The molecule has 2 N–H and O–H groups in total. The van der Waals surface area contributed by atoms with Crippen molar-refractivity contribution in [2.24, 2.45) is 17.6 Å². The van der Waals surface area contributed by atoms with Gasteiger partial charge in [-0.2, -0.15) is 0 Å². The van der Waals surface area contributed by atoms with Gasteiger partial charge in [0.25, 0.3) is 0 Å². The van der Waals surface area contributed by atoms with Crippen LogP contribution in [0.3, 0.4) is 0 Å². The molecule has 3 heterocycles. The Kier molecular flexibility index (Phi) is 4.52. The van der Waals surface area contributed by atoms with Crippen LogP contribution in [0.1, 0.15) is 25.7 Å². The van der Waals surface area contributed by atoms with Gasteiger partial charge >= 0.3 is 0 Å². The molecule has 1 amide bonds. The van der Waals surface area contributed by atoms with E-state index in [2.05, 4.69) is 14.9 Å². The SMILES string of the molecule is NC(=O)[C@@H]1CCO[C@@H]1CC1CCN(c2ncc(F)cn2)CC1. The zero-order valence-corrected chi connectivity index (χ0v) is 12.4. The van der Waals surface area contributed by atoms with Crippen LogP contribution in [0, 0.1) is 17.7 Å². The van der Waals surface area contributed by atoms with E-state index in [1.165, 1.54) is 12.4 Å². The summed E-state index contributed by atoms with van der Waals surface area (Å²) in [7, 11) is 0. The fourth-order valence-electron chi connectivity index (χ4n) is 3.37. The van der Waals surface area contributed by atoms with Crippen molar-refractivity contribution in [3.05, 3.63) is 18.2 Å². The van der Waals surface area contributed by atoms with Gasteiger partial charge in [0.2, 0.25) is 11.9 Å². The summed E-state index contributed by atoms with van der Waals surface area (Å²) in [5.74, 6) is 0.279. The summed E-state index contributed by atoms with van der Waals surface area (Å²) in [6.45, 7) is 2.30. The largest absolute Gasteiger partial charge is 0.377 e. The lowest BCUT2D eigenvalue weighted by molar-refractivity contribution is -0.123. The van der Waals surface area contributed by atoms with Gasteiger partial charge in [0.05, 0.1) is 24.4 Å². The van der Waals surface area contributed by atoms with Crippen LogP contribution >= 0.6 is 0 Å². The highest BCUT2D eigenvalue weighted by Crippen LogP contribution is 2.31. The summed E-state index contributed by atoms with van der Waals surface area (Å²) in [5, 5.41) is 0. The number of anilines is 1. The van der Waals surface area contributed by atoms with Crippen LogP contribution < -0.4 is 10.6 Å². The molecule has 0 aliphatic carbocycles. The lowest BCUT2D eigenvalue weighted by Crippen LogP contribution is -2.37. The molecule has 0 spiro atoms. The molecular formula is C15H21FN4O2. The first-order valence-corrected chi connectivity index (χ1v) is 7.77. The van der Waals surface area contributed by atoms with Gasteiger partial charge in [-0.15, -0.1) is 0 Å². The number of rotatable bonds is 4. The molecule has 0 radical (unpaired) electrons. The summed E-state index contributed by atoms with van der Waals surface area (Å²) >= 11 is 0. The summed E-state index contributed by atoms with van der Waals surface area (Å²) < 4.78 is 18.5. The minimum Gasteiger partial charge on any atom is -0.377 e. The molecule has 0 unspecified atom stereocenters. The highest BCUT2D eigenvalue weighted by molar-refractivity contribution is 5.77. The van der Waals surface area contributed by atoms with E-state index in [4.69, 9.17) is 10.5 Å². The minimum atomic E-state index is -0.422. The number of halogens is 1. The molecule has 2 aliphatic rings. The van der Waals surface area contributed by atoms with E-state index in [9.17, 15) is 9.18 Å². The molecule has 3 rings (SSSR count). The van der Waals surface area contributed by atoms with Gasteiger partial charge < -0.3 is 15.4 Å². The number of hydrogen-bond donors (Lipinski definition) is 1. The van der Waals surface area contributed by atoms with E-state index in [0.717, 1.165) is 38.8 Å². The number of carbonyl (C=O) groups is 1. The Morgan fingerprint density at radius 1 is 1.32 bits per heavy atom. The Balaban J connectivity index is 1.51. The second kappa shape index (κ2) is 6.56. The molecule has 0 bridgehead atoms. The molecule has 7 heteroatoms. The summed E-state index contributed by atoms with van der Waals surface area (Å²) in [5.41, 5.74) is 5.43. The molecule has 120 valence electrons. The predicted molar refractivity (Wildman–Crippen MR) is 78.6 cm³/mol. The monoisotopic (exact) mass is 308 g/mol. The van der Waals surface area contributed by atoms with Crippen LogP contribution in [0.25, 0.3) is 0 Å². The first kappa shape index (κ1) is 15.1. The van der Waals surface area contributed by atoms with Crippen molar-refractivity contribution >= 4 is 11.9 Å². The second-order valence-electron chi connectivity index (χ2n) is 6.07. The van der Waals surface area contributed by atoms with Gasteiger partial charge in [-0.05, 0) is 31.6 Å². The van der Waals surface area contributed by atoms with E-state index in [0.29, 0.717) is 18.5 Å². The van der Waals surface area contributed by atoms with Gasteiger partial charge in [0, 0.05) is 19.7 Å². The Morgan fingerprint density at radius 3 is 2.64 bits per heavy atom. The standard InChI is InChI=1S/C15H21FN4O2/c16-11-8-18-15(19-9-11)20-4-1-10(2-5-20)7-13-12(14(17)21)3-6-22-13/h8-10,12-13H,1-7H2,(H2,17,21)/t12-,13-/m1/s1. The van der Waals surface area contributed by atoms with Crippen molar-refractivity contribution in [2.45, 2.75) is 31.8 Å². The first-order chi connectivity index (χ1) is 10.6. The lowest BCUT2D eigenvalue weighted by Gasteiger charge is -2.33. The Labute approximate surface area is 128 Å². The number of amides is 1. The van der Waals surface area contributed by atoms with E-state index in [1.807, 2.05) is 0 Å². The predicted octanol–water partition coefficient (Wildman–Crippen LogP) is 1.11. The fourth-order valence-corrected chi connectivity index (χ4v) is 3.37. The van der Waals surface area contributed by atoms with Gasteiger partial charge in [-0.1, -0.05) is 0 Å². The number of aromatic nitrogens is 2. The van der Waals surface area contributed by atoms with Crippen molar-refractivity contribution < 1.29 is 13.9 Å². The van der Waals surface area contributed by atoms with Crippen LogP contribution in [-0.4, -0.2) is 41.7 Å². The maximum atomic E-state index is 12.8. The average Bonchev–Trinajstić information content (AvgIpc) is 2.97. The fraction of sp³-hybridized carbons (Fsp3) is 0.667. The lowest BCUT2D eigenvalue weighted by atomic mass is 9.86. The van der Waals surface area contributed by atoms with Crippen molar-refractivity contribution in [1.82, 2.24) is 9.97 Å². The normalized spacial score (nSPS) is 26.3. The third-order valence-corrected chi connectivity index (χ3v) is 4.64. The van der Waals surface area contributed by atoms with Gasteiger partial charge in [0.1, 0.15) is 0 Å². The van der Waals surface area contributed by atoms with Crippen LogP contribution in [0.2, 0.25) is 0 Å². The van der Waals surface area contributed by atoms with Crippen LogP contribution in [0.5, 0.6) is 0 Å². The third kappa shape index (κ3) is 3.35. The quantitative estimate of drug-likeness (QED) is 0.901. The minimum absolute atomic E-state index is 0.0314. The number of primary amides is 1. The number of carbonyl (C=O) groups excluding carboxylic acids is 1. The van der Waals surface area contributed by atoms with E-state index in [-0.39, 0.29) is 17.9 Å². The molecule has 2 saturated heterocycles. The van der Waals surface area contributed by atoms with Gasteiger partial charge in [-0.3, -0.25) is 4.79 Å². The average molecular weight is 308 g/mol. The highest BCUT2D eigenvalue weighted by atomic mass is 19.1. The van der Waals surface area contributed by atoms with Gasteiger partial charge in [-0.25, -0.2) is 14.4 Å². The van der Waals surface area contributed by atoms with Crippen LogP contribution in [-0.2, 0) is 9.53 Å². The molecule has 1 aromatic heterocycles. The summed E-state index contributed by atoms with van der Waals surface area (Å²) in [6, 6.07) is 0. The van der Waals surface area contributed by atoms with E-state index < -0.39 is 5.82 Å². The van der Waals surface area contributed by atoms with Crippen LogP contribution in [0.4, 0.5) is 10.3 Å². The van der Waals surface area contributed by atoms with E-state index in [1.54, 1.807) is 0 Å². The number of hydrogen-bond acceptors (Lipinski definition) is 5. The maximum absolute atomic E-state index is 12.8. The van der Waals surface area contributed by atoms with Crippen molar-refractivity contribution in [3.63, 3.8) is 0 Å². The van der Waals surface area contributed by atoms with E-state index >= 15 is 0 Å². The molecule has 1 aromatic rings. The zero-order valence-electron chi connectivity index (χ0n) is 12.4. The molecule has 0 saturated carbocycles. The number of ether oxygens (including phenoxy) is 1. The Hall–Kier alpha value is -1.76. The van der Waals surface area contributed by atoms with Crippen molar-refractivity contribution in [3.8, 4) is 0 Å². The Bertz CT molecular complexity index is 517. The molecular weight excluding hydrogens is 287 g/mol. The number of piperidine rings is 1. The number of nitrogens with two attached hydrogens (primary N) is 1. The number of nitrogens with zero attached hydrogens (tertiary/aromatic N) is 3. The Morgan fingerprint density at radius 2 is 2.00 bits per heavy atom. The first-order valence-electron chi connectivity index (χ1n) is 7.77. The molecule has 2 aliphatic heterocycles. The zero-order chi connectivity index (χ0) is 15.5. The molecule has 2 atom stereocenters. The third-order valence-electron chi connectivity index (χ3n) is 4.64. The topological polar surface area (TPSA) is 81.3 Å². The van der Waals surface area contributed by atoms with Gasteiger partial charge in [0.15, 0.2) is 5.82 Å². The second-order valence-corrected chi connectivity index (χ2v) is 6.07. The molecule has 2 fully saturated rings.